The lowest BCUT2D eigenvalue weighted by Gasteiger charge is -2.28. The molecule has 0 bridgehead atoms. The van der Waals surface area contributed by atoms with Crippen molar-refractivity contribution in [1.82, 2.24) is 0 Å². The first-order chi connectivity index (χ1) is 7.48. The highest BCUT2D eigenvalue weighted by molar-refractivity contribution is 8.01. The minimum atomic E-state index is -6.28. The average Bonchev–Trinajstić information content (AvgIpc) is 2.15. The van der Waals surface area contributed by atoms with Gasteiger partial charge in [0.05, 0.1) is 0 Å². The van der Waals surface area contributed by atoms with Crippen LogP contribution < -0.4 is 0 Å². The molecule has 0 heterocycles. The van der Waals surface area contributed by atoms with E-state index in [1.165, 1.54) is 5.75 Å². The van der Waals surface area contributed by atoms with E-state index in [1.54, 1.807) is 6.92 Å². The molecule has 0 aliphatic carbocycles. The van der Waals surface area contributed by atoms with E-state index in [0.717, 1.165) is 11.8 Å². The van der Waals surface area contributed by atoms with Crippen molar-refractivity contribution < 1.29 is 30.7 Å². The van der Waals surface area contributed by atoms with E-state index in [4.69, 9.17) is 0 Å². The van der Waals surface area contributed by atoms with Crippen molar-refractivity contribution in [2.24, 2.45) is 0 Å². The molecule has 0 aromatic heterocycles. The van der Waals surface area contributed by atoms with Gasteiger partial charge in [-0.3, -0.25) is 0 Å². The van der Waals surface area contributed by atoms with Gasteiger partial charge in [-0.2, -0.15) is 42.5 Å². The SMILES string of the molecule is C[CH]SC/C=C(\C)C(F)(F)C(F)(F)C(F)(F)F. The second kappa shape index (κ2) is 5.49. The number of rotatable bonds is 5. The Hall–Kier alpha value is -0.400. The Balaban J connectivity index is 5.06. The molecule has 0 atom stereocenters. The van der Waals surface area contributed by atoms with Crippen LogP contribution >= 0.6 is 11.8 Å². The Labute approximate surface area is 98.3 Å². The van der Waals surface area contributed by atoms with Crippen molar-refractivity contribution in [3.63, 3.8) is 0 Å². The van der Waals surface area contributed by atoms with Crippen molar-refractivity contribution in [1.29, 1.82) is 0 Å². The lowest BCUT2D eigenvalue weighted by atomic mass is 10.0. The number of thioether (sulfide) groups is 1. The fraction of sp³-hybridized carbons (Fsp3) is 0.667. The average molecular weight is 283 g/mol. The van der Waals surface area contributed by atoms with E-state index in [0.29, 0.717) is 13.0 Å². The third kappa shape index (κ3) is 3.53. The first-order valence-corrected chi connectivity index (χ1v) is 5.42. The third-order valence-corrected chi connectivity index (χ3v) is 2.59. The topological polar surface area (TPSA) is 0 Å². The van der Waals surface area contributed by atoms with Crippen molar-refractivity contribution in [3.05, 3.63) is 17.4 Å². The summed E-state index contributed by atoms with van der Waals surface area (Å²) in [6.07, 6.45) is -5.63. The highest BCUT2D eigenvalue weighted by Gasteiger charge is 2.73. The van der Waals surface area contributed by atoms with E-state index in [1.807, 2.05) is 0 Å². The molecule has 101 valence electrons. The predicted molar refractivity (Wildman–Crippen MR) is 52.1 cm³/mol. The van der Waals surface area contributed by atoms with Gasteiger partial charge in [0.2, 0.25) is 0 Å². The largest absolute Gasteiger partial charge is 0.460 e. The third-order valence-electron chi connectivity index (χ3n) is 1.90. The Morgan fingerprint density at radius 1 is 1.06 bits per heavy atom. The van der Waals surface area contributed by atoms with E-state index in [-0.39, 0.29) is 5.75 Å². The molecular formula is C9H10F7S. The van der Waals surface area contributed by atoms with Crippen LogP contribution in [0.4, 0.5) is 30.7 Å². The van der Waals surface area contributed by atoms with Gasteiger partial charge < -0.3 is 0 Å². The molecule has 0 spiro atoms. The van der Waals surface area contributed by atoms with Crippen molar-refractivity contribution >= 4 is 11.8 Å². The van der Waals surface area contributed by atoms with Gasteiger partial charge in [0, 0.05) is 11.5 Å². The fourth-order valence-corrected chi connectivity index (χ4v) is 1.36. The fourth-order valence-electron chi connectivity index (χ4n) is 0.823. The standard InChI is InChI=1S/C9H10F7S/c1-3-17-5-4-6(2)7(10,11)8(12,13)9(14,15)16/h3-4H,5H2,1-2H3/b6-4+. The van der Waals surface area contributed by atoms with E-state index < -0.39 is 23.6 Å². The smallest absolute Gasteiger partial charge is 0.194 e. The number of allylic oxidation sites excluding steroid dienone is 1. The van der Waals surface area contributed by atoms with Gasteiger partial charge in [-0.15, -0.1) is 0 Å². The van der Waals surface area contributed by atoms with Crippen LogP contribution in [0.5, 0.6) is 0 Å². The van der Waals surface area contributed by atoms with Crippen LogP contribution in [0.15, 0.2) is 11.6 Å². The molecule has 0 saturated carbocycles. The highest BCUT2D eigenvalue weighted by Crippen LogP contribution is 2.49. The zero-order valence-electron chi connectivity index (χ0n) is 8.92. The van der Waals surface area contributed by atoms with Crippen molar-refractivity contribution in [2.45, 2.75) is 31.9 Å². The maximum atomic E-state index is 13.0. The summed E-state index contributed by atoms with van der Waals surface area (Å²) in [7, 11) is 0. The second-order valence-electron chi connectivity index (χ2n) is 3.10. The number of hydrogen-bond acceptors (Lipinski definition) is 1. The zero-order chi connectivity index (χ0) is 13.9. The highest BCUT2D eigenvalue weighted by atomic mass is 32.2. The summed E-state index contributed by atoms with van der Waals surface area (Å²) in [5.74, 6) is -9.89. The monoisotopic (exact) mass is 283 g/mol. The quantitative estimate of drug-likeness (QED) is 0.401. The number of hydrogen-bond donors (Lipinski definition) is 0. The Morgan fingerprint density at radius 2 is 1.53 bits per heavy atom. The van der Waals surface area contributed by atoms with E-state index >= 15 is 0 Å². The molecule has 0 aromatic carbocycles. The lowest BCUT2D eigenvalue weighted by Crippen LogP contribution is -2.52. The van der Waals surface area contributed by atoms with Crippen molar-refractivity contribution in [2.75, 3.05) is 5.75 Å². The number of halogens is 7. The summed E-state index contributed by atoms with van der Waals surface area (Å²) in [5.41, 5.74) is -1.30. The molecule has 0 N–H and O–H groups in total. The molecule has 0 saturated heterocycles. The van der Waals surface area contributed by atoms with Crippen LogP contribution in [0.25, 0.3) is 0 Å². The molecule has 0 nitrogen and oxygen atoms in total. The Morgan fingerprint density at radius 3 is 1.88 bits per heavy atom. The van der Waals surface area contributed by atoms with Crippen LogP contribution in [0.3, 0.4) is 0 Å². The predicted octanol–water partition coefficient (Wildman–Crippen LogP) is 4.68. The van der Waals surface area contributed by atoms with Crippen molar-refractivity contribution in [3.8, 4) is 0 Å². The maximum Gasteiger partial charge on any atom is 0.460 e. The van der Waals surface area contributed by atoms with Crippen LogP contribution in [-0.2, 0) is 0 Å². The lowest BCUT2D eigenvalue weighted by molar-refractivity contribution is -0.344. The van der Waals surface area contributed by atoms with Gasteiger partial charge in [-0.1, -0.05) is 13.0 Å². The Bertz CT molecular complexity index is 280. The normalized spacial score (nSPS) is 15.2. The first-order valence-electron chi connectivity index (χ1n) is 4.37. The molecule has 0 rings (SSSR count). The number of alkyl halides is 7. The molecule has 0 aromatic rings. The molecule has 0 aliphatic heterocycles. The summed E-state index contributed by atoms with van der Waals surface area (Å²) >= 11 is 1.01. The van der Waals surface area contributed by atoms with Crippen LogP contribution in [0.1, 0.15) is 13.8 Å². The minimum Gasteiger partial charge on any atom is -0.194 e. The summed E-state index contributed by atoms with van der Waals surface area (Å²) in [4.78, 5) is 0. The van der Waals surface area contributed by atoms with Gasteiger partial charge in [0.25, 0.3) is 0 Å². The maximum absolute atomic E-state index is 13.0. The Kier molecular flexibility index (Phi) is 5.37. The van der Waals surface area contributed by atoms with E-state index in [2.05, 4.69) is 0 Å². The van der Waals surface area contributed by atoms with Gasteiger partial charge in [-0.25, -0.2) is 0 Å². The van der Waals surface area contributed by atoms with Crippen LogP contribution in [-0.4, -0.2) is 23.8 Å². The summed E-state index contributed by atoms with van der Waals surface area (Å²) in [6.45, 7) is 2.13. The van der Waals surface area contributed by atoms with Crippen LogP contribution in [0, 0.1) is 5.75 Å². The van der Waals surface area contributed by atoms with Gasteiger partial charge in [0.15, 0.2) is 0 Å². The molecule has 0 unspecified atom stereocenters. The molecular weight excluding hydrogens is 273 g/mol. The molecule has 0 aliphatic rings. The minimum absolute atomic E-state index is 0.0914. The second-order valence-corrected chi connectivity index (χ2v) is 4.24. The molecule has 0 fully saturated rings. The van der Waals surface area contributed by atoms with Gasteiger partial charge in [-0.05, 0) is 12.5 Å². The van der Waals surface area contributed by atoms with Gasteiger partial charge in [0.1, 0.15) is 0 Å². The summed E-state index contributed by atoms with van der Waals surface area (Å²) in [6, 6.07) is 0. The molecule has 0 amide bonds. The van der Waals surface area contributed by atoms with Gasteiger partial charge >= 0.3 is 18.0 Å². The van der Waals surface area contributed by atoms with E-state index in [9.17, 15) is 30.7 Å². The summed E-state index contributed by atoms with van der Waals surface area (Å²) in [5, 5.41) is 0. The molecule has 1 radical (unpaired) electrons. The summed E-state index contributed by atoms with van der Waals surface area (Å²) < 4.78 is 86.4. The molecule has 17 heavy (non-hydrogen) atoms. The first kappa shape index (κ1) is 16.6. The molecule has 8 heteroatoms. The zero-order valence-corrected chi connectivity index (χ0v) is 9.73. The van der Waals surface area contributed by atoms with Crippen LogP contribution in [0.2, 0.25) is 0 Å².